The number of halogens is 2. The summed E-state index contributed by atoms with van der Waals surface area (Å²) in [5, 5.41) is 1.38. The molecule has 0 spiro atoms. The van der Waals surface area contributed by atoms with Crippen LogP contribution in [0, 0.1) is 0 Å². The molecule has 0 fully saturated rings. The van der Waals surface area contributed by atoms with Crippen LogP contribution in [0.4, 0.5) is 0 Å². The van der Waals surface area contributed by atoms with E-state index in [1.807, 2.05) is 42.5 Å². The summed E-state index contributed by atoms with van der Waals surface area (Å²) in [6.07, 6.45) is 2.69. The summed E-state index contributed by atoms with van der Waals surface area (Å²) in [5.74, 6) is 0.900. The fourth-order valence-electron chi connectivity index (χ4n) is 4.36. The van der Waals surface area contributed by atoms with E-state index in [1.54, 1.807) is 13.2 Å². The maximum Gasteiger partial charge on any atom is 0.154 e. The zero-order chi connectivity index (χ0) is 24.2. The van der Waals surface area contributed by atoms with Crippen molar-refractivity contribution in [2.75, 3.05) is 14.2 Å². The van der Waals surface area contributed by atoms with E-state index in [4.69, 9.17) is 9.47 Å². The predicted octanol–water partition coefficient (Wildman–Crippen LogP) is 7.19. The van der Waals surface area contributed by atoms with Crippen LogP contribution in [-0.4, -0.2) is 26.8 Å². The third kappa shape index (κ3) is 4.65. The van der Waals surface area contributed by atoms with Crippen LogP contribution in [0.2, 0.25) is 0 Å². The van der Waals surface area contributed by atoms with E-state index < -0.39 is 0 Å². The van der Waals surface area contributed by atoms with Gasteiger partial charge in [-0.25, -0.2) is 0 Å². The Hall–Kier alpha value is -2.96. The van der Waals surface area contributed by atoms with E-state index in [0.717, 1.165) is 49.2 Å². The van der Waals surface area contributed by atoms with Crippen molar-refractivity contribution >= 4 is 55.2 Å². The minimum atomic E-state index is 0.340. The maximum absolute atomic E-state index is 12.4. The van der Waals surface area contributed by atoms with Gasteiger partial charge in [0.1, 0.15) is 11.5 Å². The number of carbonyl (C=O) groups is 2. The number of hydrogen-bond donors (Lipinski definition) is 0. The molecule has 4 rings (SSSR count). The van der Waals surface area contributed by atoms with Gasteiger partial charge >= 0.3 is 0 Å². The molecule has 0 amide bonds. The fourth-order valence-corrected chi connectivity index (χ4v) is 4.89. The van der Waals surface area contributed by atoms with Crippen molar-refractivity contribution in [2.45, 2.75) is 12.8 Å². The zero-order valence-corrected chi connectivity index (χ0v) is 21.9. The van der Waals surface area contributed by atoms with Crippen LogP contribution >= 0.6 is 31.9 Å². The summed E-state index contributed by atoms with van der Waals surface area (Å²) in [5.41, 5.74) is 4.81. The second-order valence-electron chi connectivity index (χ2n) is 7.85. The SMILES string of the molecule is COc1ccc2c(Cc3ccc(Br)cc3)c(Cc3ccc(Br)cc3)c(OC)c(C=O)c2c1C=O. The van der Waals surface area contributed by atoms with Gasteiger partial charge in [0.15, 0.2) is 12.6 Å². The summed E-state index contributed by atoms with van der Waals surface area (Å²) < 4.78 is 13.3. The average molecular weight is 582 g/mol. The third-order valence-corrected chi connectivity index (χ3v) is 6.99. The molecule has 6 heteroatoms. The van der Waals surface area contributed by atoms with Crippen LogP contribution in [0.15, 0.2) is 69.6 Å². The van der Waals surface area contributed by atoms with Gasteiger partial charge in [0.2, 0.25) is 0 Å². The van der Waals surface area contributed by atoms with Crippen molar-refractivity contribution in [3.8, 4) is 11.5 Å². The first kappa shape index (κ1) is 24.2. The first-order valence-electron chi connectivity index (χ1n) is 10.6. The minimum absolute atomic E-state index is 0.340. The van der Waals surface area contributed by atoms with E-state index in [0.29, 0.717) is 40.9 Å². The molecule has 0 aliphatic carbocycles. The molecule has 0 bridgehead atoms. The monoisotopic (exact) mass is 580 g/mol. The first-order valence-corrected chi connectivity index (χ1v) is 12.2. The van der Waals surface area contributed by atoms with Crippen molar-refractivity contribution < 1.29 is 19.1 Å². The Morgan fingerprint density at radius 2 is 1.21 bits per heavy atom. The highest BCUT2D eigenvalue weighted by molar-refractivity contribution is 9.10. The van der Waals surface area contributed by atoms with E-state index >= 15 is 0 Å². The average Bonchev–Trinajstić information content (AvgIpc) is 2.86. The molecular formula is C28H22Br2O4. The lowest BCUT2D eigenvalue weighted by atomic mass is 9.85. The predicted molar refractivity (Wildman–Crippen MR) is 142 cm³/mol. The lowest BCUT2D eigenvalue weighted by Crippen LogP contribution is -2.08. The summed E-state index contributed by atoms with van der Waals surface area (Å²) in [6.45, 7) is 0. The molecule has 4 aromatic rings. The second kappa shape index (κ2) is 10.5. The van der Waals surface area contributed by atoms with Crippen LogP contribution in [0.25, 0.3) is 10.8 Å². The topological polar surface area (TPSA) is 52.6 Å². The molecule has 0 atom stereocenters. The largest absolute Gasteiger partial charge is 0.496 e. The molecule has 0 aromatic heterocycles. The molecule has 172 valence electrons. The number of methoxy groups -OCH3 is 2. The number of hydrogen-bond acceptors (Lipinski definition) is 4. The molecule has 0 radical (unpaired) electrons. The van der Waals surface area contributed by atoms with Gasteiger partial charge in [-0.3, -0.25) is 9.59 Å². The van der Waals surface area contributed by atoms with Crippen LogP contribution < -0.4 is 9.47 Å². The second-order valence-corrected chi connectivity index (χ2v) is 9.68. The quantitative estimate of drug-likeness (QED) is 0.207. The first-order chi connectivity index (χ1) is 16.5. The van der Waals surface area contributed by atoms with Crippen molar-refractivity contribution in [3.63, 3.8) is 0 Å². The molecule has 4 nitrogen and oxygen atoms in total. The standard InChI is InChI=1S/C28H22Br2O4/c1-33-26-12-11-21-22(13-17-3-7-19(29)8-4-17)23(14-18-5-9-20(30)10-6-18)28(34-2)25(16-32)27(21)24(26)15-31/h3-12,15-16H,13-14H2,1-2H3. The lowest BCUT2D eigenvalue weighted by molar-refractivity contribution is 0.111. The summed E-state index contributed by atoms with van der Waals surface area (Å²) in [6, 6.07) is 19.9. The molecule has 0 saturated carbocycles. The van der Waals surface area contributed by atoms with E-state index in [-0.39, 0.29) is 0 Å². The number of rotatable bonds is 8. The van der Waals surface area contributed by atoms with Crippen LogP contribution in [-0.2, 0) is 12.8 Å². The number of carbonyl (C=O) groups excluding carboxylic acids is 2. The number of aldehydes is 2. The fraction of sp³-hybridized carbons (Fsp3) is 0.143. The molecule has 0 heterocycles. The van der Waals surface area contributed by atoms with Crippen molar-refractivity contribution in [1.29, 1.82) is 0 Å². The zero-order valence-electron chi connectivity index (χ0n) is 18.7. The molecular weight excluding hydrogens is 560 g/mol. The minimum Gasteiger partial charge on any atom is -0.496 e. The summed E-state index contributed by atoms with van der Waals surface area (Å²) >= 11 is 6.98. The summed E-state index contributed by atoms with van der Waals surface area (Å²) in [7, 11) is 3.07. The van der Waals surface area contributed by atoms with E-state index in [1.165, 1.54) is 7.11 Å². The molecule has 0 N–H and O–H groups in total. The van der Waals surface area contributed by atoms with Crippen molar-refractivity contribution in [1.82, 2.24) is 0 Å². The van der Waals surface area contributed by atoms with Crippen molar-refractivity contribution in [2.24, 2.45) is 0 Å². The number of fused-ring (bicyclic) bond motifs is 1. The Morgan fingerprint density at radius 3 is 1.68 bits per heavy atom. The molecule has 0 aliphatic rings. The van der Waals surface area contributed by atoms with Crippen molar-refractivity contribution in [3.05, 3.63) is 103 Å². The number of benzene rings is 4. The highest BCUT2D eigenvalue weighted by atomic mass is 79.9. The van der Waals surface area contributed by atoms with Gasteiger partial charge in [0.05, 0.1) is 25.3 Å². The van der Waals surface area contributed by atoms with Gasteiger partial charge in [-0.05, 0) is 58.8 Å². The van der Waals surface area contributed by atoms with E-state index in [2.05, 4.69) is 44.0 Å². The lowest BCUT2D eigenvalue weighted by Gasteiger charge is -2.22. The molecule has 34 heavy (non-hydrogen) atoms. The Kier molecular flexibility index (Phi) is 7.49. The maximum atomic E-state index is 12.4. The van der Waals surface area contributed by atoms with E-state index in [9.17, 15) is 9.59 Å². The normalized spacial score (nSPS) is 10.8. The number of ether oxygens (including phenoxy) is 2. The summed E-state index contributed by atoms with van der Waals surface area (Å²) in [4.78, 5) is 24.5. The Balaban J connectivity index is 2.07. The van der Waals surface area contributed by atoms with Gasteiger partial charge in [0.25, 0.3) is 0 Å². The Bertz CT molecular complexity index is 1360. The Labute approximate surface area is 215 Å². The molecule has 4 aromatic carbocycles. The van der Waals surface area contributed by atoms with Crippen LogP contribution in [0.5, 0.6) is 11.5 Å². The van der Waals surface area contributed by atoms with Gasteiger partial charge in [-0.1, -0.05) is 62.2 Å². The molecule has 0 aliphatic heterocycles. The highest BCUT2D eigenvalue weighted by Gasteiger charge is 2.24. The van der Waals surface area contributed by atoms with Gasteiger partial charge in [0, 0.05) is 26.3 Å². The van der Waals surface area contributed by atoms with Gasteiger partial charge in [-0.15, -0.1) is 0 Å². The van der Waals surface area contributed by atoms with Crippen LogP contribution in [0.1, 0.15) is 43.0 Å². The smallest absolute Gasteiger partial charge is 0.154 e. The van der Waals surface area contributed by atoms with Gasteiger partial charge < -0.3 is 9.47 Å². The highest BCUT2D eigenvalue weighted by Crippen LogP contribution is 2.41. The molecule has 0 saturated heterocycles. The van der Waals surface area contributed by atoms with Gasteiger partial charge in [-0.2, -0.15) is 0 Å². The Morgan fingerprint density at radius 1 is 0.676 bits per heavy atom. The third-order valence-electron chi connectivity index (χ3n) is 5.93. The van der Waals surface area contributed by atoms with Crippen LogP contribution in [0.3, 0.4) is 0 Å². The molecule has 0 unspecified atom stereocenters.